The molecule has 1 aliphatic rings. The Morgan fingerprint density at radius 3 is 2.26 bits per heavy atom. The van der Waals surface area contributed by atoms with E-state index in [2.05, 4.69) is 0 Å². The molecule has 0 amide bonds. The van der Waals surface area contributed by atoms with Crippen LogP contribution in [0, 0.1) is 0 Å². The molecule has 1 unspecified atom stereocenters. The second kappa shape index (κ2) is 14.0. The third-order valence-electron chi connectivity index (χ3n) is 7.76. The summed E-state index contributed by atoms with van der Waals surface area (Å²) in [4.78, 5) is 1.70. The number of nitrogens with zero attached hydrogens (tertiary/aromatic N) is 2. The Morgan fingerprint density at radius 1 is 0.957 bits per heavy atom. The second-order valence-corrected chi connectivity index (χ2v) is 13.0. The zero-order valence-electron chi connectivity index (χ0n) is 25.4. The lowest BCUT2D eigenvalue weighted by Crippen LogP contribution is -2.37. The third-order valence-corrected chi connectivity index (χ3v) is 8.82. The fourth-order valence-electron chi connectivity index (χ4n) is 5.46. The molecule has 6 rings (SSSR count). The molecule has 242 valence electrons. The maximum Gasteiger partial charge on any atom is 0.374 e. The molecule has 12 heteroatoms. The number of anilines is 1. The van der Waals surface area contributed by atoms with E-state index in [1.54, 1.807) is 11.0 Å². The molecular formula is C35H32N2O8S2. The van der Waals surface area contributed by atoms with Gasteiger partial charge in [0.15, 0.2) is 12.3 Å². The number of allylic oxidation sites excluding steroid dienone is 2. The van der Waals surface area contributed by atoms with Crippen LogP contribution >= 0.6 is 0 Å². The van der Waals surface area contributed by atoms with Crippen LogP contribution in [0.15, 0.2) is 119 Å². The highest BCUT2D eigenvalue weighted by Crippen LogP contribution is 2.42. The van der Waals surface area contributed by atoms with Gasteiger partial charge in [-0.15, -0.1) is 0 Å². The fraction of sp³-hybridized carbons (Fsp3) is 0.171. The molecule has 1 aliphatic heterocycles. The largest absolute Gasteiger partial charge is 0.748 e. The van der Waals surface area contributed by atoms with E-state index in [0.29, 0.717) is 35.2 Å². The number of fused-ring (bicyclic) bond motifs is 2. The van der Waals surface area contributed by atoms with Gasteiger partial charge in [-0.05, 0) is 52.4 Å². The number of oxazole rings is 1. The van der Waals surface area contributed by atoms with Gasteiger partial charge in [-0.25, -0.2) is 8.42 Å². The van der Waals surface area contributed by atoms with Crippen LogP contribution in [0.4, 0.5) is 5.69 Å². The summed E-state index contributed by atoms with van der Waals surface area (Å²) in [5, 5.41) is 0. The monoisotopic (exact) mass is 672 g/mol. The van der Waals surface area contributed by atoms with Crippen LogP contribution in [-0.4, -0.2) is 40.6 Å². The van der Waals surface area contributed by atoms with E-state index in [1.165, 1.54) is 0 Å². The van der Waals surface area contributed by atoms with E-state index in [0.717, 1.165) is 33.3 Å². The van der Waals surface area contributed by atoms with E-state index in [1.807, 2.05) is 115 Å². The van der Waals surface area contributed by atoms with Crippen LogP contribution in [-0.2, 0) is 32.2 Å². The predicted molar refractivity (Wildman–Crippen MR) is 179 cm³/mol. The maximum atomic E-state index is 11.7. The molecule has 1 atom stereocenters. The molecule has 0 saturated heterocycles. The number of benzene rings is 4. The summed E-state index contributed by atoms with van der Waals surface area (Å²) in [5.74, 6) is 0.779. The number of rotatable bonds is 12. The molecule has 0 fully saturated rings. The molecule has 2 heterocycles. The molecule has 1 N–H and O–H groups in total. The van der Waals surface area contributed by atoms with Crippen molar-refractivity contribution < 1.29 is 39.6 Å². The molecule has 4 aromatic carbocycles. The maximum absolute atomic E-state index is 11.7. The first kappa shape index (κ1) is 32.4. The summed E-state index contributed by atoms with van der Waals surface area (Å²) in [5.41, 5.74) is 6.73. The summed E-state index contributed by atoms with van der Waals surface area (Å²) in [6.45, 7) is 2.06. The first-order valence-electron chi connectivity index (χ1n) is 14.9. The van der Waals surface area contributed by atoms with Crippen LogP contribution in [0.2, 0.25) is 0 Å². The Labute approximate surface area is 275 Å². The van der Waals surface area contributed by atoms with Crippen LogP contribution in [0.25, 0.3) is 39.4 Å². The quantitative estimate of drug-likeness (QED) is 0.0923. The van der Waals surface area contributed by atoms with Gasteiger partial charge < -0.3 is 18.6 Å². The van der Waals surface area contributed by atoms with Crippen molar-refractivity contribution in [3.8, 4) is 28.0 Å². The van der Waals surface area contributed by atoms with Crippen molar-refractivity contribution in [2.24, 2.45) is 0 Å². The molecule has 5 aromatic rings. The molecule has 0 aliphatic carbocycles. The smallest absolute Gasteiger partial charge is 0.374 e. The Morgan fingerprint density at radius 2 is 1.62 bits per heavy atom. The standard InChI is InChI=1S/C35H32N2O8S2/c1-2-25(21-34-36(17-19-43-46(38)39)30-23-28(13-15-32(30)44-34)26-9-5-3-6-10-26)22-35-37(18-20-47(40,41)42)31-24-29(14-16-33(31)45-35)27-11-7-4-8-12-27/h3-16,21-24H,2,17-20H2,1H3,(H-,38,39,40,41,42). The lowest BCUT2D eigenvalue weighted by molar-refractivity contribution is -0.678. The topological polar surface area (TPSA) is 133 Å². The van der Waals surface area contributed by atoms with Gasteiger partial charge in [0.25, 0.3) is 5.52 Å². The molecular weight excluding hydrogens is 641 g/mol. The lowest BCUT2D eigenvalue weighted by Gasteiger charge is -2.20. The van der Waals surface area contributed by atoms with Crippen LogP contribution < -0.4 is 14.2 Å². The SMILES string of the molecule is CCC(=Cc1oc2ccc(-c3ccccc3)cc2[n+]1CCOS(=O)O)C=C1Oc2ccc(-c3ccccc3)cc2N1CCS(=O)(=O)[O-]. The molecule has 0 saturated carbocycles. The van der Waals surface area contributed by atoms with E-state index in [4.69, 9.17) is 13.3 Å². The Bertz CT molecular complexity index is 2090. The third kappa shape index (κ3) is 7.70. The van der Waals surface area contributed by atoms with Gasteiger partial charge in [0.2, 0.25) is 11.5 Å². The van der Waals surface area contributed by atoms with Gasteiger partial charge in [0.05, 0.1) is 27.6 Å². The van der Waals surface area contributed by atoms with Gasteiger partial charge in [0, 0.05) is 18.7 Å². The number of hydrogen-bond donors (Lipinski definition) is 1. The summed E-state index contributed by atoms with van der Waals surface area (Å²) >= 11 is -2.42. The number of aromatic nitrogens is 1. The highest BCUT2D eigenvalue weighted by molar-refractivity contribution is 7.85. The normalized spacial score (nSPS) is 14.8. The fourth-order valence-corrected chi connectivity index (χ4v) is 6.09. The number of ether oxygens (including phenoxy) is 1. The summed E-state index contributed by atoms with van der Waals surface area (Å²) in [7, 11) is -4.50. The molecule has 10 nitrogen and oxygen atoms in total. The van der Waals surface area contributed by atoms with Gasteiger partial charge >= 0.3 is 17.3 Å². The van der Waals surface area contributed by atoms with E-state index < -0.39 is 27.2 Å². The van der Waals surface area contributed by atoms with Crippen LogP contribution in [0.1, 0.15) is 19.2 Å². The minimum atomic E-state index is -4.50. The van der Waals surface area contributed by atoms with Gasteiger partial charge in [-0.1, -0.05) is 79.7 Å². The van der Waals surface area contributed by atoms with E-state index >= 15 is 0 Å². The zero-order valence-corrected chi connectivity index (χ0v) is 27.1. The van der Waals surface area contributed by atoms with Crippen LogP contribution in [0.3, 0.4) is 0 Å². The minimum Gasteiger partial charge on any atom is -0.748 e. The van der Waals surface area contributed by atoms with Gasteiger partial charge in [0.1, 0.15) is 6.61 Å². The molecule has 1 aromatic heterocycles. The Kier molecular flexibility index (Phi) is 9.66. The van der Waals surface area contributed by atoms with Gasteiger partial charge in [-0.2, -0.15) is 8.78 Å². The van der Waals surface area contributed by atoms with Crippen LogP contribution in [0.5, 0.6) is 5.75 Å². The van der Waals surface area contributed by atoms with Crippen molar-refractivity contribution in [1.82, 2.24) is 0 Å². The highest BCUT2D eigenvalue weighted by Gasteiger charge is 2.28. The Hall–Kier alpha value is -4.59. The van der Waals surface area contributed by atoms with Gasteiger partial charge in [-0.3, -0.25) is 8.74 Å². The van der Waals surface area contributed by atoms with Crippen molar-refractivity contribution in [1.29, 1.82) is 0 Å². The molecule has 0 bridgehead atoms. The second-order valence-electron chi connectivity index (χ2n) is 10.8. The van der Waals surface area contributed by atoms with Crippen molar-refractivity contribution in [3.63, 3.8) is 0 Å². The zero-order chi connectivity index (χ0) is 33.0. The summed E-state index contributed by atoms with van der Waals surface area (Å²) < 4.78 is 74.8. The first-order valence-corrected chi connectivity index (χ1v) is 17.6. The van der Waals surface area contributed by atoms with Crippen molar-refractivity contribution in [2.45, 2.75) is 19.9 Å². The van der Waals surface area contributed by atoms with E-state index in [9.17, 15) is 21.7 Å². The van der Waals surface area contributed by atoms with E-state index in [-0.39, 0.29) is 19.7 Å². The van der Waals surface area contributed by atoms with Crippen molar-refractivity contribution >= 4 is 44.3 Å². The summed E-state index contributed by atoms with van der Waals surface area (Å²) in [6.07, 6.45) is 4.19. The summed E-state index contributed by atoms with van der Waals surface area (Å²) in [6, 6.07) is 31.2. The average molecular weight is 673 g/mol. The minimum absolute atomic E-state index is 0.0407. The molecule has 0 spiro atoms. The Balaban J connectivity index is 1.40. The van der Waals surface area contributed by atoms with Crippen molar-refractivity contribution in [3.05, 3.63) is 120 Å². The van der Waals surface area contributed by atoms with Crippen molar-refractivity contribution in [2.75, 3.05) is 23.8 Å². The predicted octanol–water partition coefficient (Wildman–Crippen LogP) is 6.29. The molecule has 0 radical (unpaired) electrons. The number of hydrogen-bond acceptors (Lipinski definition) is 8. The first-order chi connectivity index (χ1) is 22.7. The highest BCUT2D eigenvalue weighted by atomic mass is 32.2. The lowest BCUT2D eigenvalue weighted by atomic mass is 10.0. The molecule has 47 heavy (non-hydrogen) atoms. The average Bonchev–Trinajstić information content (AvgIpc) is 3.59.